The summed E-state index contributed by atoms with van der Waals surface area (Å²) in [6, 6.07) is 0. The van der Waals surface area contributed by atoms with Crippen LogP contribution in [0.15, 0.2) is 15.8 Å². The van der Waals surface area contributed by atoms with Gasteiger partial charge in [0.2, 0.25) is 5.82 Å². The van der Waals surface area contributed by atoms with Crippen LogP contribution in [0, 0.1) is 18.2 Å². The number of aromatic amines is 1. The number of ether oxygens (including phenoxy) is 1. The number of hydrogen-bond acceptors (Lipinski definition) is 5. The van der Waals surface area contributed by atoms with Gasteiger partial charge in [-0.2, -0.15) is 4.39 Å². The topological polar surface area (TPSA) is 105 Å². The Bertz CT molecular complexity index is 646. The summed E-state index contributed by atoms with van der Waals surface area (Å²) < 4.78 is 19.2. The lowest BCUT2D eigenvalue weighted by atomic mass is 9.99. The van der Waals surface area contributed by atoms with Crippen LogP contribution in [0.1, 0.15) is 12.6 Å². The summed E-state index contributed by atoms with van der Waals surface area (Å²) in [4.78, 5) is 24.2. The van der Waals surface area contributed by atoms with Gasteiger partial charge in [-0.3, -0.25) is 14.3 Å². The summed E-state index contributed by atoms with van der Waals surface area (Å²) in [7, 11) is 0. The van der Waals surface area contributed by atoms with Crippen LogP contribution in [0.4, 0.5) is 4.39 Å². The van der Waals surface area contributed by atoms with Crippen molar-refractivity contribution >= 4 is 0 Å². The first kappa shape index (κ1) is 13.5. The second kappa shape index (κ2) is 4.62. The van der Waals surface area contributed by atoms with Gasteiger partial charge in [0.05, 0.1) is 12.8 Å². The fourth-order valence-electron chi connectivity index (χ4n) is 1.91. The molecule has 0 bridgehead atoms. The molecule has 0 radical (unpaired) electrons. The SMILES string of the molecule is C#C[C@]1(CO)OC(n2cc(F)c(=O)[nH]c2=O)C[C@@H]1O. The normalized spacial score (nSPS) is 30.2. The van der Waals surface area contributed by atoms with Gasteiger partial charge in [-0.1, -0.05) is 5.92 Å². The zero-order valence-electron chi connectivity index (χ0n) is 9.67. The summed E-state index contributed by atoms with van der Waals surface area (Å²) in [5, 5.41) is 19.0. The molecule has 1 aliphatic rings. The van der Waals surface area contributed by atoms with Gasteiger partial charge >= 0.3 is 5.69 Å². The maximum absolute atomic E-state index is 13.2. The van der Waals surface area contributed by atoms with Crippen molar-refractivity contribution in [3.8, 4) is 12.3 Å². The Morgan fingerprint density at radius 2 is 2.37 bits per heavy atom. The fourth-order valence-corrected chi connectivity index (χ4v) is 1.91. The van der Waals surface area contributed by atoms with E-state index in [-0.39, 0.29) is 6.42 Å². The Kier molecular flexibility index (Phi) is 3.28. The van der Waals surface area contributed by atoms with Gasteiger partial charge in [-0.25, -0.2) is 4.79 Å². The standard InChI is InChI=1S/C11H11FN2O5/c1-2-11(5-15)7(16)3-8(19-11)14-4-6(12)9(17)13-10(14)18/h1,4,7-8,15-16H,3,5H2,(H,13,17,18)/t7-,8?,11+/m0/s1. The molecule has 0 saturated carbocycles. The van der Waals surface area contributed by atoms with Crippen LogP contribution in [0.25, 0.3) is 0 Å². The van der Waals surface area contributed by atoms with Crippen molar-refractivity contribution in [1.82, 2.24) is 9.55 Å². The minimum Gasteiger partial charge on any atom is -0.392 e. The fraction of sp³-hybridized carbons (Fsp3) is 0.455. The third-order valence-electron chi connectivity index (χ3n) is 3.02. The molecule has 1 saturated heterocycles. The van der Waals surface area contributed by atoms with Crippen LogP contribution in [0.5, 0.6) is 0 Å². The van der Waals surface area contributed by atoms with Gasteiger partial charge in [0.15, 0.2) is 5.60 Å². The molecule has 3 N–H and O–H groups in total. The summed E-state index contributed by atoms with van der Waals surface area (Å²) in [5.41, 5.74) is -3.68. The van der Waals surface area contributed by atoms with E-state index in [4.69, 9.17) is 11.2 Å². The lowest BCUT2D eigenvalue weighted by molar-refractivity contribution is -0.0914. The molecule has 8 heteroatoms. The minimum atomic E-state index is -1.64. The Hall–Kier alpha value is -1.95. The molecule has 1 aromatic rings. The lowest BCUT2D eigenvalue weighted by Crippen LogP contribution is -2.41. The second-order valence-electron chi connectivity index (χ2n) is 4.16. The van der Waals surface area contributed by atoms with Crippen LogP contribution < -0.4 is 11.2 Å². The van der Waals surface area contributed by atoms with Crippen molar-refractivity contribution in [2.45, 2.75) is 24.4 Å². The molecule has 7 nitrogen and oxygen atoms in total. The monoisotopic (exact) mass is 270 g/mol. The first-order valence-electron chi connectivity index (χ1n) is 5.39. The number of aliphatic hydroxyl groups is 2. The number of H-pyrrole nitrogens is 1. The summed E-state index contributed by atoms with van der Waals surface area (Å²) >= 11 is 0. The average Bonchev–Trinajstić information content (AvgIpc) is 2.71. The highest BCUT2D eigenvalue weighted by molar-refractivity contribution is 5.16. The lowest BCUT2D eigenvalue weighted by Gasteiger charge is -2.23. The summed E-state index contributed by atoms with van der Waals surface area (Å²) in [6.45, 7) is -0.651. The van der Waals surface area contributed by atoms with E-state index < -0.39 is 41.6 Å². The van der Waals surface area contributed by atoms with Crippen molar-refractivity contribution in [2.24, 2.45) is 0 Å². The molecule has 3 atom stereocenters. The third kappa shape index (κ3) is 2.08. The zero-order chi connectivity index (χ0) is 14.2. The molecule has 0 amide bonds. The van der Waals surface area contributed by atoms with Crippen molar-refractivity contribution in [1.29, 1.82) is 0 Å². The molecular formula is C11H11FN2O5. The van der Waals surface area contributed by atoms with E-state index >= 15 is 0 Å². The number of terminal acetylenes is 1. The van der Waals surface area contributed by atoms with E-state index in [2.05, 4.69) is 5.92 Å². The van der Waals surface area contributed by atoms with E-state index in [1.807, 2.05) is 0 Å². The number of nitrogens with one attached hydrogen (secondary N) is 1. The second-order valence-corrected chi connectivity index (χ2v) is 4.16. The quantitative estimate of drug-likeness (QED) is 0.557. The Balaban J connectivity index is 2.42. The molecule has 2 rings (SSSR count). The maximum Gasteiger partial charge on any atom is 0.330 e. The largest absolute Gasteiger partial charge is 0.392 e. The highest BCUT2D eigenvalue weighted by Crippen LogP contribution is 2.35. The molecule has 1 fully saturated rings. The number of hydrogen-bond donors (Lipinski definition) is 3. The van der Waals surface area contributed by atoms with Crippen LogP contribution in [-0.2, 0) is 4.74 Å². The van der Waals surface area contributed by atoms with Crippen LogP contribution in [0.2, 0.25) is 0 Å². The molecule has 1 aliphatic heterocycles. The molecule has 102 valence electrons. The van der Waals surface area contributed by atoms with E-state index in [9.17, 15) is 24.2 Å². The summed E-state index contributed by atoms with van der Waals surface area (Å²) in [5.74, 6) is 0.952. The number of aliphatic hydroxyl groups excluding tert-OH is 2. The van der Waals surface area contributed by atoms with E-state index in [1.54, 1.807) is 4.98 Å². The van der Waals surface area contributed by atoms with Crippen molar-refractivity contribution in [3.63, 3.8) is 0 Å². The molecule has 1 unspecified atom stereocenters. The Morgan fingerprint density at radius 3 is 2.89 bits per heavy atom. The smallest absolute Gasteiger partial charge is 0.330 e. The van der Waals surface area contributed by atoms with E-state index in [1.165, 1.54) is 0 Å². The van der Waals surface area contributed by atoms with E-state index in [0.717, 1.165) is 4.57 Å². The van der Waals surface area contributed by atoms with Gasteiger partial charge in [0.25, 0.3) is 5.56 Å². The van der Waals surface area contributed by atoms with Crippen molar-refractivity contribution in [2.75, 3.05) is 6.61 Å². The molecule has 19 heavy (non-hydrogen) atoms. The molecule has 0 spiro atoms. The van der Waals surface area contributed by atoms with Gasteiger partial charge < -0.3 is 14.9 Å². The number of aromatic nitrogens is 2. The van der Waals surface area contributed by atoms with Crippen LogP contribution >= 0.6 is 0 Å². The Labute approximate surface area is 106 Å². The number of nitrogens with zero attached hydrogens (tertiary/aromatic N) is 1. The average molecular weight is 270 g/mol. The molecule has 0 aromatic carbocycles. The highest BCUT2D eigenvalue weighted by atomic mass is 19.1. The number of halogens is 1. The van der Waals surface area contributed by atoms with Gasteiger partial charge in [-0.05, 0) is 0 Å². The van der Waals surface area contributed by atoms with E-state index in [0.29, 0.717) is 6.20 Å². The van der Waals surface area contributed by atoms with Crippen molar-refractivity contribution in [3.05, 3.63) is 32.9 Å². The number of rotatable bonds is 2. The van der Waals surface area contributed by atoms with Crippen LogP contribution in [-0.4, -0.2) is 38.1 Å². The first-order valence-corrected chi connectivity index (χ1v) is 5.39. The van der Waals surface area contributed by atoms with Gasteiger partial charge in [0.1, 0.15) is 12.3 Å². The van der Waals surface area contributed by atoms with Crippen molar-refractivity contribution < 1.29 is 19.3 Å². The summed E-state index contributed by atoms with van der Waals surface area (Å²) in [6.07, 6.45) is 3.46. The predicted molar refractivity (Wildman–Crippen MR) is 60.7 cm³/mol. The van der Waals surface area contributed by atoms with Crippen LogP contribution in [0.3, 0.4) is 0 Å². The molecule has 1 aromatic heterocycles. The van der Waals surface area contributed by atoms with Gasteiger partial charge in [0, 0.05) is 6.42 Å². The zero-order valence-corrected chi connectivity index (χ0v) is 9.67. The maximum atomic E-state index is 13.2. The third-order valence-corrected chi connectivity index (χ3v) is 3.02. The Morgan fingerprint density at radius 1 is 1.68 bits per heavy atom. The predicted octanol–water partition coefficient (Wildman–Crippen LogP) is -1.68. The molecule has 0 aliphatic carbocycles. The van der Waals surface area contributed by atoms with Gasteiger partial charge in [-0.15, -0.1) is 6.42 Å². The highest BCUT2D eigenvalue weighted by Gasteiger charge is 2.47. The molecular weight excluding hydrogens is 259 g/mol. The minimum absolute atomic E-state index is 0.115. The first-order chi connectivity index (χ1) is 8.93. The molecule has 2 heterocycles.